The van der Waals surface area contributed by atoms with Gasteiger partial charge in [-0.25, -0.2) is 4.63 Å². The summed E-state index contributed by atoms with van der Waals surface area (Å²) in [6.45, 7) is 2.11. The van der Waals surface area contributed by atoms with E-state index in [1.165, 1.54) is 10.2 Å². The Morgan fingerprint density at radius 2 is 2.00 bits per heavy atom. The summed E-state index contributed by atoms with van der Waals surface area (Å²) in [5.41, 5.74) is 8.70. The van der Waals surface area contributed by atoms with Gasteiger partial charge in [0.05, 0.1) is 11.9 Å². The monoisotopic (exact) mass is 256 g/mol. The highest BCUT2D eigenvalue weighted by Gasteiger charge is 2.15. The summed E-state index contributed by atoms with van der Waals surface area (Å²) in [5, 5.41) is 15.1. The van der Waals surface area contributed by atoms with Crippen molar-refractivity contribution in [1.82, 2.24) is 25.3 Å². The van der Waals surface area contributed by atoms with Crippen molar-refractivity contribution in [3.8, 4) is 17.1 Å². The number of aromatic nitrogens is 5. The normalized spacial score (nSPS) is 10.8. The van der Waals surface area contributed by atoms with Gasteiger partial charge in [0.25, 0.3) is 0 Å². The third-order valence-corrected chi connectivity index (χ3v) is 2.90. The molecular formula is C12H12N6O. The van der Waals surface area contributed by atoms with Gasteiger partial charge in [-0.05, 0) is 22.3 Å². The maximum atomic E-state index is 5.67. The molecule has 0 radical (unpaired) electrons. The van der Waals surface area contributed by atoms with Crippen molar-refractivity contribution in [3.05, 3.63) is 36.0 Å². The average Bonchev–Trinajstić information content (AvgIpc) is 3.07. The zero-order chi connectivity index (χ0) is 13.2. The van der Waals surface area contributed by atoms with Gasteiger partial charge < -0.3 is 5.73 Å². The molecular weight excluding hydrogens is 244 g/mol. The molecule has 19 heavy (non-hydrogen) atoms. The molecule has 1 aromatic carbocycles. The number of hydrogen-bond donors (Lipinski definition) is 1. The summed E-state index contributed by atoms with van der Waals surface area (Å²) >= 11 is 0. The Balaban J connectivity index is 2.06. The van der Waals surface area contributed by atoms with Crippen LogP contribution in [0.4, 0.5) is 5.82 Å². The Morgan fingerprint density at radius 3 is 2.63 bits per heavy atom. The van der Waals surface area contributed by atoms with Gasteiger partial charge in [0, 0.05) is 5.56 Å². The highest BCUT2D eigenvalue weighted by Crippen LogP contribution is 2.22. The topological polar surface area (TPSA) is 95.6 Å². The van der Waals surface area contributed by atoms with Crippen LogP contribution in [0.1, 0.15) is 12.5 Å². The molecule has 0 aliphatic rings. The number of nitrogen functional groups attached to an aromatic ring is 1. The Morgan fingerprint density at radius 1 is 1.21 bits per heavy atom. The van der Waals surface area contributed by atoms with E-state index in [9.17, 15) is 0 Å². The van der Waals surface area contributed by atoms with Gasteiger partial charge in [0.2, 0.25) is 11.6 Å². The fourth-order valence-corrected chi connectivity index (χ4v) is 1.84. The first-order valence-electron chi connectivity index (χ1n) is 5.88. The molecule has 3 aromatic rings. The predicted octanol–water partition coefficient (Wildman–Crippen LogP) is 1.46. The summed E-state index contributed by atoms with van der Waals surface area (Å²) in [4.78, 5) is 0. The number of benzene rings is 1. The largest absolute Gasteiger partial charge is 0.378 e. The first-order chi connectivity index (χ1) is 9.29. The van der Waals surface area contributed by atoms with E-state index in [4.69, 9.17) is 5.73 Å². The molecule has 0 amide bonds. The minimum atomic E-state index is 0.178. The number of rotatable bonds is 3. The number of anilines is 1. The summed E-state index contributed by atoms with van der Waals surface area (Å²) in [6, 6.07) is 8.16. The maximum absolute atomic E-state index is 5.67. The van der Waals surface area contributed by atoms with Gasteiger partial charge in [0.15, 0.2) is 0 Å². The van der Waals surface area contributed by atoms with E-state index in [0.29, 0.717) is 5.82 Å². The molecule has 7 nitrogen and oxygen atoms in total. The summed E-state index contributed by atoms with van der Waals surface area (Å²) in [7, 11) is 0. The Bertz CT molecular complexity index is 684. The van der Waals surface area contributed by atoms with Crippen molar-refractivity contribution in [3.63, 3.8) is 0 Å². The van der Waals surface area contributed by atoms with E-state index >= 15 is 0 Å². The molecule has 2 N–H and O–H groups in total. The van der Waals surface area contributed by atoms with Crippen molar-refractivity contribution in [2.75, 3.05) is 5.73 Å². The van der Waals surface area contributed by atoms with Crippen LogP contribution >= 0.6 is 0 Å². The fraction of sp³-hybridized carbons (Fsp3) is 0.167. The van der Waals surface area contributed by atoms with Crippen molar-refractivity contribution >= 4 is 5.82 Å². The van der Waals surface area contributed by atoms with Crippen molar-refractivity contribution in [2.45, 2.75) is 13.3 Å². The van der Waals surface area contributed by atoms with Crippen LogP contribution in [0, 0.1) is 0 Å². The van der Waals surface area contributed by atoms with E-state index in [1.807, 2.05) is 12.1 Å². The average molecular weight is 256 g/mol. The second kappa shape index (κ2) is 4.52. The third kappa shape index (κ3) is 1.95. The lowest BCUT2D eigenvalue weighted by molar-refractivity contribution is 0.307. The number of aryl methyl sites for hydroxylation is 1. The van der Waals surface area contributed by atoms with E-state index < -0.39 is 0 Å². The standard InChI is InChI=1S/C12H12N6O/c1-2-8-3-5-9(6-4-8)10-7-14-17-18(10)12-11(13)15-19-16-12/h3-7H,2H2,1H3,(H2,13,15). The van der Waals surface area contributed by atoms with Crippen LogP contribution in [0.25, 0.3) is 17.1 Å². The second-order valence-corrected chi connectivity index (χ2v) is 4.05. The Labute approximate surface area is 109 Å². The molecule has 96 valence electrons. The summed E-state index contributed by atoms with van der Waals surface area (Å²) in [6.07, 6.45) is 2.65. The van der Waals surface area contributed by atoms with Gasteiger partial charge in [-0.1, -0.05) is 36.4 Å². The van der Waals surface area contributed by atoms with Gasteiger partial charge in [-0.15, -0.1) is 5.10 Å². The summed E-state index contributed by atoms with van der Waals surface area (Å²) < 4.78 is 6.09. The molecule has 0 fully saturated rings. The molecule has 0 spiro atoms. The van der Waals surface area contributed by atoms with Crippen LogP contribution in [0.3, 0.4) is 0 Å². The van der Waals surface area contributed by atoms with Crippen molar-refractivity contribution < 1.29 is 4.63 Å². The van der Waals surface area contributed by atoms with Gasteiger partial charge in [-0.2, -0.15) is 4.68 Å². The van der Waals surface area contributed by atoms with Crippen LogP contribution in [0.5, 0.6) is 0 Å². The SMILES string of the molecule is CCc1ccc(-c2cnnn2-c2nonc2N)cc1. The van der Waals surface area contributed by atoms with E-state index in [0.717, 1.165) is 17.7 Å². The lowest BCUT2D eigenvalue weighted by atomic mass is 10.1. The lowest BCUT2D eigenvalue weighted by Gasteiger charge is -2.03. The Kier molecular flexibility index (Phi) is 2.71. The zero-order valence-electron chi connectivity index (χ0n) is 10.3. The first kappa shape index (κ1) is 11.4. The zero-order valence-corrected chi connectivity index (χ0v) is 10.3. The van der Waals surface area contributed by atoms with Crippen LogP contribution in [-0.2, 0) is 6.42 Å². The summed E-state index contributed by atoms with van der Waals surface area (Å²) in [5.74, 6) is 0.518. The predicted molar refractivity (Wildman–Crippen MR) is 68.4 cm³/mol. The van der Waals surface area contributed by atoms with Crippen molar-refractivity contribution in [1.29, 1.82) is 0 Å². The number of hydrogen-bond acceptors (Lipinski definition) is 6. The van der Waals surface area contributed by atoms with Gasteiger partial charge in [-0.3, -0.25) is 0 Å². The minimum absolute atomic E-state index is 0.178. The van der Waals surface area contributed by atoms with Crippen LogP contribution in [-0.4, -0.2) is 25.3 Å². The van der Waals surface area contributed by atoms with Gasteiger partial charge >= 0.3 is 0 Å². The molecule has 0 unspecified atom stereocenters. The number of nitrogens with zero attached hydrogens (tertiary/aromatic N) is 5. The van der Waals surface area contributed by atoms with E-state index in [2.05, 4.69) is 44.3 Å². The minimum Gasteiger partial charge on any atom is -0.378 e. The van der Waals surface area contributed by atoms with Gasteiger partial charge in [0.1, 0.15) is 0 Å². The van der Waals surface area contributed by atoms with E-state index in [1.54, 1.807) is 6.20 Å². The maximum Gasteiger partial charge on any atom is 0.243 e. The smallest absolute Gasteiger partial charge is 0.243 e. The van der Waals surface area contributed by atoms with Crippen LogP contribution in [0.2, 0.25) is 0 Å². The molecule has 0 saturated carbocycles. The fourth-order valence-electron chi connectivity index (χ4n) is 1.84. The highest BCUT2D eigenvalue weighted by molar-refractivity contribution is 5.62. The number of nitrogens with two attached hydrogens (primary N) is 1. The molecule has 2 aromatic heterocycles. The second-order valence-electron chi connectivity index (χ2n) is 4.05. The molecule has 7 heteroatoms. The molecule has 0 atom stereocenters. The quantitative estimate of drug-likeness (QED) is 0.762. The molecule has 0 aliphatic carbocycles. The lowest BCUT2D eigenvalue weighted by Crippen LogP contribution is -2.03. The molecule has 0 bridgehead atoms. The third-order valence-electron chi connectivity index (χ3n) is 2.90. The molecule has 0 aliphatic heterocycles. The highest BCUT2D eigenvalue weighted by atomic mass is 16.6. The molecule has 3 rings (SSSR count). The van der Waals surface area contributed by atoms with Crippen LogP contribution < -0.4 is 5.73 Å². The van der Waals surface area contributed by atoms with Crippen molar-refractivity contribution in [2.24, 2.45) is 0 Å². The van der Waals surface area contributed by atoms with Crippen LogP contribution in [0.15, 0.2) is 35.1 Å². The molecule has 0 saturated heterocycles. The van der Waals surface area contributed by atoms with E-state index in [-0.39, 0.29) is 5.82 Å². The first-order valence-corrected chi connectivity index (χ1v) is 5.88. The molecule has 2 heterocycles. The Hall–Kier alpha value is -2.70.